The first-order chi connectivity index (χ1) is 8.15. The van der Waals surface area contributed by atoms with E-state index in [2.05, 4.69) is 15.3 Å². The molecule has 1 aromatic carbocycles. The minimum atomic E-state index is 0.278. The predicted molar refractivity (Wildman–Crippen MR) is 66.9 cm³/mol. The number of hydrogen-bond donors (Lipinski definition) is 2. The Labute approximate surface area is 100 Å². The summed E-state index contributed by atoms with van der Waals surface area (Å²) in [5.74, 6) is 1.04. The Morgan fingerprint density at radius 1 is 1.12 bits per heavy atom. The van der Waals surface area contributed by atoms with Crippen LogP contribution in [-0.4, -0.2) is 15.1 Å². The minimum absolute atomic E-state index is 0.278. The number of phenols is 1. The molecule has 17 heavy (non-hydrogen) atoms. The molecule has 0 fully saturated rings. The summed E-state index contributed by atoms with van der Waals surface area (Å²) in [4.78, 5) is 8.62. The zero-order chi connectivity index (χ0) is 12.3. The maximum atomic E-state index is 9.17. The van der Waals surface area contributed by atoms with Gasteiger partial charge in [0.15, 0.2) is 0 Å². The van der Waals surface area contributed by atoms with E-state index in [1.54, 1.807) is 18.3 Å². The molecule has 88 valence electrons. The first-order valence-corrected chi connectivity index (χ1v) is 5.47. The highest BCUT2D eigenvalue weighted by molar-refractivity contribution is 5.35. The molecular formula is C13H15N3O. The summed E-state index contributed by atoms with van der Waals surface area (Å²) >= 11 is 0. The highest BCUT2D eigenvalue weighted by Gasteiger charge is 1.99. The number of nitrogens with zero attached hydrogens (tertiary/aromatic N) is 2. The number of aryl methyl sites for hydroxylation is 2. The molecule has 0 saturated heterocycles. The van der Waals surface area contributed by atoms with Gasteiger partial charge in [-0.05, 0) is 31.5 Å². The van der Waals surface area contributed by atoms with E-state index in [4.69, 9.17) is 5.11 Å². The summed E-state index contributed by atoms with van der Waals surface area (Å²) in [6.07, 6.45) is 1.72. The fourth-order valence-corrected chi connectivity index (χ4v) is 1.43. The lowest BCUT2D eigenvalue weighted by Gasteiger charge is -2.07. The minimum Gasteiger partial charge on any atom is -0.508 e. The smallest absolute Gasteiger partial charge is 0.145 e. The third-order valence-electron chi connectivity index (χ3n) is 2.60. The van der Waals surface area contributed by atoms with Gasteiger partial charge in [-0.1, -0.05) is 12.1 Å². The lowest BCUT2D eigenvalue weighted by Crippen LogP contribution is -2.03. The highest BCUT2D eigenvalue weighted by atomic mass is 16.3. The number of benzene rings is 1. The van der Waals surface area contributed by atoms with Gasteiger partial charge in [0.25, 0.3) is 0 Å². The first-order valence-electron chi connectivity index (χ1n) is 5.47. The van der Waals surface area contributed by atoms with Gasteiger partial charge in [-0.25, -0.2) is 4.98 Å². The van der Waals surface area contributed by atoms with Crippen LogP contribution in [0.15, 0.2) is 30.5 Å². The van der Waals surface area contributed by atoms with Crippen LogP contribution in [0.3, 0.4) is 0 Å². The Morgan fingerprint density at radius 2 is 1.82 bits per heavy atom. The lowest BCUT2D eigenvalue weighted by molar-refractivity contribution is 0.475. The Bertz CT molecular complexity index is 509. The molecule has 0 aliphatic heterocycles. The van der Waals surface area contributed by atoms with Gasteiger partial charge < -0.3 is 10.4 Å². The number of nitrogens with one attached hydrogen (secondary N) is 1. The van der Waals surface area contributed by atoms with E-state index in [0.29, 0.717) is 6.54 Å². The van der Waals surface area contributed by atoms with Crippen molar-refractivity contribution in [3.63, 3.8) is 0 Å². The number of hydrogen-bond acceptors (Lipinski definition) is 4. The van der Waals surface area contributed by atoms with Crippen molar-refractivity contribution < 1.29 is 5.11 Å². The van der Waals surface area contributed by atoms with E-state index in [1.165, 1.54) is 0 Å². The molecule has 0 aliphatic carbocycles. The maximum absolute atomic E-state index is 9.17. The quantitative estimate of drug-likeness (QED) is 0.848. The molecule has 0 amide bonds. The van der Waals surface area contributed by atoms with Crippen molar-refractivity contribution in [2.24, 2.45) is 0 Å². The van der Waals surface area contributed by atoms with Crippen LogP contribution in [0.2, 0.25) is 0 Å². The average Bonchev–Trinajstić information content (AvgIpc) is 2.33. The van der Waals surface area contributed by atoms with Crippen molar-refractivity contribution in [1.29, 1.82) is 0 Å². The summed E-state index contributed by atoms with van der Waals surface area (Å²) in [5.41, 5.74) is 2.96. The van der Waals surface area contributed by atoms with Crippen LogP contribution in [0.25, 0.3) is 0 Å². The van der Waals surface area contributed by atoms with E-state index in [9.17, 15) is 0 Å². The van der Waals surface area contributed by atoms with Crippen molar-refractivity contribution in [2.45, 2.75) is 20.4 Å². The van der Waals surface area contributed by atoms with Gasteiger partial charge in [0, 0.05) is 6.54 Å². The third kappa shape index (κ3) is 2.93. The first kappa shape index (κ1) is 11.4. The SMILES string of the molecule is Cc1ncc(NCc2ccc(O)cc2)nc1C. The standard InChI is InChI=1S/C13H15N3O/c1-9-10(2)16-13(8-14-9)15-7-11-3-5-12(17)6-4-11/h3-6,8,17H,7H2,1-2H3,(H,15,16). The Hall–Kier alpha value is -2.10. The topological polar surface area (TPSA) is 58.0 Å². The van der Waals surface area contributed by atoms with Crippen LogP contribution in [0, 0.1) is 13.8 Å². The second kappa shape index (κ2) is 4.82. The number of phenolic OH excluding ortho intramolecular Hbond substituents is 1. The van der Waals surface area contributed by atoms with Crippen molar-refractivity contribution in [1.82, 2.24) is 9.97 Å². The molecule has 4 nitrogen and oxygen atoms in total. The van der Waals surface area contributed by atoms with Gasteiger partial charge in [-0.15, -0.1) is 0 Å². The van der Waals surface area contributed by atoms with Gasteiger partial charge in [-0.2, -0.15) is 0 Å². The third-order valence-corrected chi connectivity index (χ3v) is 2.60. The van der Waals surface area contributed by atoms with Crippen LogP contribution in [0.1, 0.15) is 17.0 Å². The number of aromatic nitrogens is 2. The van der Waals surface area contributed by atoms with Gasteiger partial charge in [0.1, 0.15) is 11.6 Å². The molecule has 0 aliphatic rings. The average molecular weight is 229 g/mol. The summed E-state index contributed by atoms with van der Waals surface area (Å²) in [7, 11) is 0. The summed E-state index contributed by atoms with van der Waals surface area (Å²) in [6, 6.07) is 7.08. The Balaban J connectivity index is 2.02. The molecule has 0 radical (unpaired) electrons. The number of aromatic hydroxyl groups is 1. The fraction of sp³-hybridized carbons (Fsp3) is 0.231. The Morgan fingerprint density at radius 3 is 2.47 bits per heavy atom. The lowest BCUT2D eigenvalue weighted by atomic mass is 10.2. The monoisotopic (exact) mass is 229 g/mol. The largest absolute Gasteiger partial charge is 0.508 e. The number of rotatable bonds is 3. The molecule has 2 rings (SSSR count). The zero-order valence-electron chi connectivity index (χ0n) is 9.94. The second-order valence-corrected chi connectivity index (χ2v) is 3.95. The highest BCUT2D eigenvalue weighted by Crippen LogP contribution is 2.11. The van der Waals surface area contributed by atoms with Crippen LogP contribution < -0.4 is 5.32 Å². The van der Waals surface area contributed by atoms with E-state index >= 15 is 0 Å². The second-order valence-electron chi connectivity index (χ2n) is 3.95. The molecule has 0 saturated carbocycles. The van der Waals surface area contributed by atoms with Gasteiger partial charge in [0.05, 0.1) is 17.6 Å². The molecule has 0 bridgehead atoms. The van der Waals surface area contributed by atoms with Gasteiger partial charge in [-0.3, -0.25) is 4.98 Å². The van der Waals surface area contributed by atoms with Gasteiger partial charge >= 0.3 is 0 Å². The summed E-state index contributed by atoms with van der Waals surface area (Å²) < 4.78 is 0. The van der Waals surface area contributed by atoms with Crippen molar-refractivity contribution in [3.8, 4) is 5.75 Å². The predicted octanol–water partition coefficient (Wildman–Crippen LogP) is 2.41. The van der Waals surface area contributed by atoms with E-state index in [0.717, 1.165) is 22.8 Å². The van der Waals surface area contributed by atoms with Crippen molar-refractivity contribution >= 4 is 5.82 Å². The van der Waals surface area contributed by atoms with Crippen molar-refractivity contribution in [2.75, 3.05) is 5.32 Å². The molecule has 0 spiro atoms. The van der Waals surface area contributed by atoms with E-state index < -0.39 is 0 Å². The normalized spacial score (nSPS) is 10.2. The van der Waals surface area contributed by atoms with Gasteiger partial charge in [0.2, 0.25) is 0 Å². The molecule has 4 heteroatoms. The summed E-state index contributed by atoms with van der Waals surface area (Å²) in [5, 5.41) is 12.4. The van der Waals surface area contributed by atoms with Crippen LogP contribution in [0.4, 0.5) is 5.82 Å². The fourth-order valence-electron chi connectivity index (χ4n) is 1.43. The molecule has 2 aromatic rings. The van der Waals surface area contributed by atoms with Crippen LogP contribution in [-0.2, 0) is 6.54 Å². The number of anilines is 1. The Kier molecular flexibility index (Phi) is 3.23. The van der Waals surface area contributed by atoms with E-state index in [1.807, 2.05) is 26.0 Å². The zero-order valence-corrected chi connectivity index (χ0v) is 9.94. The van der Waals surface area contributed by atoms with Crippen molar-refractivity contribution in [3.05, 3.63) is 47.4 Å². The maximum Gasteiger partial charge on any atom is 0.145 e. The molecule has 1 heterocycles. The van der Waals surface area contributed by atoms with E-state index in [-0.39, 0.29) is 5.75 Å². The molecule has 1 aromatic heterocycles. The van der Waals surface area contributed by atoms with Crippen LogP contribution >= 0.6 is 0 Å². The molecule has 2 N–H and O–H groups in total. The molecular weight excluding hydrogens is 214 g/mol. The molecule has 0 unspecified atom stereocenters. The van der Waals surface area contributed by atoms with Crippen LogP contribution in [0.5, 0.6) is 5.75 Å². The summed E-state index contributed by atoms with van der Waals surface area (Å²) in [6.45, 7) is 4.54. The molecule has 0 atom stereocenters.